The number of carbonyl (C=O) groups excluding carboxylic acids is 3. The Labute approximate surface area is 172 Å². The van der Waals surface area contributed by atoms with Gasteiger partial charge in [-0.1, -0.05) is 18.2 Å². The minimum absolute atomic E-state index is 0.107. The molecule has 0 aliphatic heterocycles. The topological polar surface area (TPSA) is 133 Å². The van der Waals surface area contributed by atoms with Crippen LogP contribution >= 0.6 is 0 Å². The van der Waals surface area contributed by atoms with Crippen LogP contribution in [0.3, 0.4) is 0 Å². The number of rotatable bonds is 6. The molecule has 8 nitrogen and oxygen atoms in total. The zero-order chi connectivity index (χ0) is 21.4. The number of amides is 2. The maximum absolute atomic E-state index is 13.0. The molecule has 0 unspecified atom stereocenters. The van der Waals surface area contributed by atoms with Crippen molar-refractivity contribution in [1.29, 1.82) is 0 Å². The van der Waals surface area contributed by atoms with Gasteiger partial charge in [-0.05, 0) is 49.6 Å². The van der Waals surface area contributed by atoms with Crippen LogP contribution in [-0.4, -0.2) is 33.4 Å². The third-order valence-electron chi connectivity index (χ3n) is 5.00. The van der Waals surface area contributed by atoms with Crippen LogP contribution in [0.4, 0.5) is 5.82 Å². The van der Waals surface area contributed by atoms with E-state index in [1.807, 2.05) is 13.0 Å². The van der Waals surface area contributed by atoms with E-state index in [0.29, 0.717) is 11.3 Å². The molecule has 0 radical (unpaired) electrons. The molecule has 1 saturated carbocycles. The SMILES string of the molecule is Cc1ccc(C(=O)NC2CC2)c(-n2ncc(C(=O)c3cccc(C(N)=O)c3)c2N)c1. The minimum atomic E-state index is -0.626. The van der Waals surface area contributed by atoms with E-state index in [4.69, 9.17) is 11.5 Å². The van der Waals surface area contributed by atoms with Gasteiger partial charge in [0.05, 0.1) is 23.0 Å². The van der Waals surface area contributed by atoms with Crippen molar-refractivity contribution >= 4 is 23.4 Å². The molecule has 0 atom stereocenters. The lowest BCUT2D eigenvalue weighted by molar-refractivity contribution is 0.0949. The van der Waals surface area contributed by atoms with Crippen molar-refractivity contribution in [2.75, 3.05) is 5.73 Å². The maximum atomic E-state index is 13.0. The standard InChI is InChI=1S/C22H21N5O3/c1-12-5-8-16(22(30)26-15-6-7-15)18(9-12)27-20(23)17(11-25-27)19(28)13-3-2-4-14(10-13)21(24)29/h2-5,8-11,15H,6-7,23H2,1H3,(H2,24,29)(H,26,30). The Morgan fingerprint density at radius 1 is 1.07 bits per heavy atom. The number of benzene rings is 2. The van der Waals surface area contributed by atoms with Crippen molar-refractivity contribution in [2.45, 2.75) is 25.8 Å². The van der Waals surface area contributed by atoms with Crippen molar-refractivity contribution in [3.63, 3.8) is 0 Å². The Kier molecular flexibility index (Phi) is 4.83. The molecule has 1 aliphatic carbocycles. The molecule has 3 aromatic rings. The van der Waals surface area contributed by atoms with Gasteiger partial charge >= 0.3 is 0 Å². The van der Waals surface area contributed by atoms with Gasteiger partial charge in [0.1, 0.15) is 5.82 Å². The van der Waals surface area contributed by atoms with E-state index in [9.17, 15) is 14.4 Å². The number of hydrogen-bond acceptors (Lipinski definition) is 5. The molecule has 1 aliphatic rings. The molecule has 4 rings (SSSR count). The Bertz CT molecular complexity index is 1180. The second-order valence-corrected chi connectivity index (χ2v) is 7.40. The molecule has 2 aromatic carbocycles. The molecule has 0 spiro atoms. The third kappa shape index (κ3) is 3.67. The summed E-state index contributed by atoms with van der Waals surface area (Å²) in [5, 5.41) is 7.23. The number of carbonyl (C=O) groups is 3. The quantitative estimate of drug-likeness (QED) is 0.541. The van der Waals surface area contributed by atoms with Gasteiger partial charge in [-0.3, -0.25) is 14.4 Å². The lowest BCUT2D eigenvalue weighted by atomic mass is 10.0. The van der Waals surface area contributed by atoms with E-state index in [-0.39, 0.29) is 34.5 Å². The van der Waals surface area contributed by atoms with Crippen molar-refractivity contribution in [1.82, 2.24) is 15.1 Å². The molecule has 152 valence electrons. The first-order chi connectivity index (χ1) is 14.3. The summed E-state index contributed by atoms with van der Waals surface area (Å²) in [5.41, 5.74) is 14.1. The fourth-order valence-electron chi connectivity index (χ4n) is 3.19. The van der Waals surface area contributed by atoms with Gasteiger partial charge < -0.3 is 16.8 Å². The highest BCUT2D eigenvalue weighted by atomic mass is 16.2. The predicted octanol–water partition coefficient (Wildman–Crippen LogP) is 1.99. The second-order valence-electron chi connectivity index (χ2n) is 7.40. The Hall–Kier alpha value is -3.94. The summed E-state index contributed by atoms with van der Waals surface area (Å²) >= 11 is 0. The number of nitrogens with one attached hydrogen (secondary N) is 1. The van der Waals surface area contributed by atoms with E-state index in [1.54, 1.807) is 24.3 Å². The first-order valence-corrected chi connectivity index (χ1v) is 9.55. The van der Waals surface area contributed by atoms with Crippen LogP contribution in [0.5, 0.6) is 0 Å². The van der Waals surface area contributed by atoms with Crippen molar-refractivity contribution < 1.29 is 14.4 Å². The number of ketones is 1. The van der Waals surface area contributed by atoms with Crippen molar-refractivity contribution in [2.24, 2.45) is 5.73 Å². The summed E-state index contributed by atoms with van der Waals surface area (Å²) in [6, 6.07) is 11.7. The van der Waals surface area contributed by atoms with E-state index in [0.717, 1.165) is 18.4 Å². The fourth-order valence-corrected chi connectivity index (χ4v) is 3.19. The predicted molar refractivity (Wildman–Crippen MR) is 112 cm³/mol. The van der Waals surface area contributed by atoms with Crippen LogP contribution in [0.15, 0.2) is 48.7 Å². The van der Waals surface area contributed by atoms with Gasteiger partial charge in [0.2, 0.25) is 5.91 Å². The van der Waals surface area contributed by atoms with Gasteiger partial charge in [-0.2, -0.15) is 5.10 Å². The Morgan fingerprint density at radius 3 is 2.50 bits per heavy atom. The number of nitrogens with two attached hydrogens (primary N) is 2. The van der Waals surface area contributed by atoms with Crippen LogP contribution in [0.1, 0.15) is 55.0 Å². The van der Waals surface area contributed by atoms with E-state index in [1.165, 1.54) is 23.0 Å². The number of primary amides is 1. The molecule has 1 heterocycles. The zero-order valence-electron chi connectivity index (χ0n) is 16.4. The lowest BCUT2D eigenvalue weighted by Gasteiger charge is -2.12. The average Bonchev–Trinajstić information content (AvgIpc) is 3.46. The number of aromatic nitrogens is 2. The summed E-state index contributed by atoms with van der Waals surface area (Å²) in [6.07, 6.45) is 3.30. The minimum Gasteiger partial charge on any atom is -0.383 e. The van der Waals surface area contributed by atoms with Crippen LogP contribution in [0.2, 0.25) is 0 Å². The highest BCUT2D eigenvalue weighted by Gasteiger charge is 2.26. The van der Waals surface area contributed by atoms with Gasteiger partial charge in [0, 0.05) is 17.2 Å². The smallest absolute Gasteiger partial charge is 0.253 e. The van der Waals surface area contributed by atoms with Gasteiger partial charge in [0.15, 0.2) is 5.78 Å². The summed E-state index contributed by atoms with van der Waals surface area (Å²) in [6.45, 7) is 1.90. The molecule has 1 fully saturated rings. The van der Waals surface area contributed by atoms with Gasteiger partial charge in [0.25, 0.3) is 5.91 Å². The third-order valence-corrected chi connectivity index (χ3v) is 5.00. The number of hydrogen-bond donors (Lipinski definition) is 3. The Morgan fingerprint density at radius 2 is 1.80 bits per heavy atom. The van der Waals surface area contributed by atoms with Crippen LogP contribution in [0.25, 0.3) is 5.69 Å². The number of nitrogens with zero attached hydrogens (tertiary/aromatic N) is 2. The molecule has 1 aromatic heterocycles. The maximum Gasteiger partial charge on any atom is 0.253 e. The first-order valence-electron chi connectivity index (χ1n) is 9.55. The van der Waals surface area contributed by atoms with Gasteiger partial charge in [-0.15, -0.1) is 0 Å². The van der Waals surface area contributed by atoms with Crippen LogP contribution < -0.4 is 16.8 Å². The highest BCUT2D eigenvalue weighted by Crippen LogP contribution is 2.25. The zero-order valence-corrected chi connectivity index (χ0v) is 16.4. The van der Waals surface area contributed by atoms with Crippen LogP contribution in [0, 0.1) is 6.92 Å². The van der Waals surface area contributed by atoms with E-state index in [2.05, 4.69) is 10.4 Å². The fraction of sp³-hybridized carbons (Fsp3) is 0.182. The van der Waals surface area contributed by atoms with Crippen LogP contribution in [-0.2, 0) is 0 Å². The largest absolute Gasteiger partial charge is 0.383 e. The summed E-state index contributed by atoms with van der Waals surface area (Å²) in [7, 11) is 0. The Balaban J connectivity index is 1.72. The normalized spacial score (nSPS) is 13.1. The summed E-state index contributed by atoms with van der Waals surface area (Å²) < 4.78 is 1.39. The molecule has 5 N–H and O–H groups in total. The van der Waals surface area contributed by atoms with Crippen molar-refractivity contribution in [3.8, 4) is 5.69 Å². The number of aryl methyl sites for hydroxylation is 1. The first kappa shape index (κ1) is 19.4. The van der Waals surface area contributed by atoms with E-state index >= 15 is 0 Å². The summed E-state index contributed by atoms with van der Waals surface area (Å²) in [4.78, 5) is 37.0. The highest BCUT2D eigenvalue weighted by molar-refractivity contribution is 6.12. The number of nitrogen functional groups attached to an aromatic ring is 1. The average molecular weight is 403 g/mol. The molecule has 0 bridgehead atoms. The van der Waals surface area contributed by atoms with Crippen molar-refractivity contribution in [3.05, 3.63) is 76.5 Å². The molecule has 0 saturated heterocycles. The molecule has 8 heteroatoms. The lowest BCUT2D eigenvalue weighted by Crippen LogP contribution is -2.27. The second kappa shape index (κ2) is 7.47. The molecule has 30 heavy (non-hydrogen) atoms. The molecular weight excluding hydrogens is 382 g/mol. The summed E-state index contributed by atoms with van der Waals surface area (Å²) in [5.74, 6) is -1.11. The molecular formula is C22H21N5O3. The van der Waals surface area contributed by atoms with E-state index < -0.39 is 11.7 Å². The monoisotopic (exact) mass is 403 g/mol. The number of anilines is 1. The molecule has 2 amide bonds. The van der Waals surface area contributed by atoms with Gasteiger partial charge in [-0.25, -0.2) is 4.68 Å².